The number of rotatable bonds is 6. The normalized spacial score (nSPS) is 11.0. The van der Waals surface area contributed by atoms with Gasteiger partial charge >= 0.3 is 0 Å². The maximum absolute atomic E-state index is 13.5. The molecule has 0 aliphatic rings. The fourth-order valence-electron chi connectivity index (χ4n) is 3.50. The number of nitrogens with zero attached hydrogens (tertiary/aromatic N) is 3. The molecular weight excluding hydrogens is 415 g/mol. The van der Waals surface area contributed by atoms with Gasteiger partial charge in [-0.05, 0) is 30.7 Å². The van der Waals surface area contributed by atoms with Crippen LogP contribution >= 0.6 is 0 Å². The third kappa shape index (κ3) is 3.78. The molecule has 0 radical (unpaired) electrons. The molecule has 2 aromatic heterocycles. The SMILES string of the molecule is CCn1nc(-c2ccc(CNC(=O)c3cc(F)ccc3OC)cc2)c2c(N)n[nH]c(=O)c21. The summed E-state index contributed by atoms with van der Waals surface area (Å²) >= 11 is 0. The zero-order valence-electron chi connectivity index (χ0n) is 17.5. The van der Waals surface area contributed by atoms with Crippen molar-refractivity contribution in [1.82, 2.24) is 25.3 Å². The highest BCUT2D eigenvalue weighted by Crippen LogP contribution is 2.29. The number of aryl methyl sites for hydroxylation is 1. The molecule has 10 heteroatoms. The highest BCUT2D eigenvalue weighted by molar-refractivity contribution is 5.99. The highest BCUT2D eigenvalue weighted by atomic mass is 19.1. The Morgan fingerprint density at radius 2 is 2.00 bits per heavy atom. The monoisotopic (exact) mass is 436 g/mol. The largest absolute Gasteiger partial charge is 0.496 e. The molecule has 0 saturated carbocycles. The van der Waals surface area contributed by atoms with Gasteiger partial charge in [0, 0.05) is 18.7 Å². The fraction of sp³-hybridized carbons (Fsp3) is 0.182. The number of carbonyl (C=O) groups excluding carboxylic acids is 1. The number of fused-ring (bicyclic) bond motifs is 1. The number of H-pyrrole nitrogens is 1. The maximum atomic E-state index is 13.5. The molecule has 2 aromatic carbocycles. The van der Waals surface area contributed by atoms with E-state index in [4.69, 9.17) is 10.5 Å². The molecule has 4 rings (SSSR count). The highest BCUT2D eigenvalue weighted by Gasteiger charge is 2.18. The summed E-state index contributed by atoms with van der Waals surface area (Å²) in [5.41, 5.74) is 8.27. The molecule has 32 heavy (non-hydrogen) atoms. The van der Waals surface area contributed by atoms with Crippen LogP contribution in [0, 0.1) is 5.82 Å². The van der Waals surface area contributed by atoms with Crippen molar-refractivity contribution in [3.05, 3.63) is 69.8 Å². The first kappa shape index (κ1) is 21.0. The summed E-state index contributed by atoms with van der Waals surface area (Å²) in [6.07, 6.45) is 0. The molecule has 1 amide bonds. The minimum Gasteiger partial charge on any atom is -0.496 e. The van der Waals surface area contributed by atoms with Crippen molar-refractivity contribution in [2.24, 2.45) is 0 Å². The standard InChI is InChI=1S/C22H21FN6O3/c1-3-29-19-17(20(24)26-27-22(19)31)18(28-29)13-6-4-12(5-7-13)11-25-21(30)15-10-14(23)8-9-16(15)32-2/h4-10H,3,11H2,1-2H3,(H2,24,26)(H,25,30)(H,27,31). The number of anilines is 1. The summed E-state index contributed by atoms with van der Waals surface area (Å²) < 4.78 is 20.2. The molecule has 0 fully saturated rings. The van der Waals surface area contributed by atoms with Gasteiger partial charge in [-0.15, -0.1) is 0 Å². The summed E-state index contributed by atoms with van der Waals surface area (Å²) in [6.45, 7) is 2.61. The van der Waals surface area contributed by atoms with Crippen LogP contribution in [0.25, 0.3) is 22.2 Å². The number of carbonyl (C=O) groups is 1. The number of amides is 1. The van der Waals surface area contributed by atoms with Crippen LogP contribution < -0.4 is 21.3 Å². The molecule has 0 unspecified atom stereocenters. The van der Waals surface area contributed by atoms with E-state index in [2.05, 4.69) is 20.6 Å². The summed E-state index contributed by atoms with van der Waals surface area (Å²) in [7, 11) is 1.42. The first-order valence-electron chi connectivity index (χ1n) is 9.88. The number of hydrogen-bond donors (Lipinski definition) is 3. The number of aromatic nitrogens is 4. The lowest BCUT2D eigenvalue weighted by molar-refractivity contribution is 0.0947. The van der Waals surface area contributed by atoms with Crippen LogP contribution in [0.1, 0.15) is 22.8 Å². The first-order chi connectivity index (χ1) is 15.4. The molecule has 9 nitrogen and oxygen atoms in total. The molecule has 0 aliphatic heterocycles. The van der Waals surface area contributed by atoms with Gasteiger partial charge in [-0.2, -0.15) is 10.2 Å². The van der Waals surface area contributed by atoms with E-state index in [1.54, 1.807) is 4.68 Å². The molecule has 2 heterocycles. The fourth-order valence-corrected chi connectivity index (χ4v) is 3.50. The van der Waals surface area contributed by atoms with Crippen molar-refractivity contribution in [2.75, 3.05) is 12.8 Å². The van der Waals surface area contributed by atoms with E-state index in [1.165, 1.54) is 19.2 Å². The second-order valence-electron chi connectivity index (χ2n) is 7.05. The van der Waals surface area contributed by atoms with Crippen molar-refractivity contribution < 1.29 is 13.9 Å². The van der Waals surface area contributed by atoms with E-state index in [-0.39, 0.29) is 23.5 Å². The van der Waals surface area contributed by atoms with Gasteiger partial charge in [0.25, 0.3) is 11.5 Å². The summed E-state index contributed by atoms with van der Waals surface area (Å²) in [5.74, 6) is -0.490. The van der Waals surface area contributed by atoms with Crippen molar-refractivity contribution in [1.29, 1.82) is 0 Å². The lowest BCUT2D eigenvalue weighted by Gasteiger charge is -2.10. The predicted molar refractivity (Wildman–Crippen MR) is 118 cm³/mol. The topological polar surface area (TPSA) is 128 Å². The Kier molecular flexibility index (Phi) is 5.59. The number of benzene rings is 2. The summed E-state index contributed by atoms with van der Waals surface area (Å²) in [6, 6.07) is 11.1. The van der Waals surface area contributed by atoms with E-state index in [9.17, 15) is 14.0 Å². The number of ether oxygens (including phenoxy) is 1. The van der Waals surface area contributed by atoms with Crippen LogP contribution in [-0.4, -0.2) is 33.0 Å². The first-order valence-corrected chi connectivity index (χ1v) is 9.88. The Morgan fingerprint density at radius 1 is 1.25 bits per heavy atom. The average Bonchev–Trinajstić information content (AvgIpc) is 3.21. The van der Waals surface area contributed by atoms with E-state index >= 15 is 0 Å². The lowest BCUT2D eigenvalue weighted by Crippen LogP contribution is -2.23. The van der Waals surface area contributed by atoms with Gasteiger partial charge in [-0.1, -0.05) is 24.3 Å². The molecule has 164 valence electrons. The number of hydrogen-bond acceptors (Lipinski definition) is 6. The molecule has 0 bridgehead atoms. The number of halogens is 1. The number of nitrogen functional groups attached to an aromatic ring is 1. The van der Waals surface area contributed by atoms with E-state index < -0.39 is 11.7 Å². The quantitative estimate of drug-likeness (QED) is 0.426. The minimum atomic E-state index is -0.522. The summed E-state index contributed by atoms with van der Waals surface area (Å²) in [5, 5.41) is 14.0. The number of nitrogens with one attached hydrogen (secondary N) is 2. The van der Waals surface area contributed by atoms with Gasteiger partial charge in [0.05, 0.1) is 18.1 Å². The Balaban J connectivity index is 1.57. The van der Waals surface area contributed by atoms with Gasteiger partial charge in [0.2, 0.25) is 0 Å². The lowest BCUT2D eigenvalue weighted by atomic mass is 10.1. The molecule has 0 atom stereocenters. The number of methoxy groups -OCH3 is 1. The third-order valence-corrected chi connectivity index (χ3v) is 5.09. The molecular formula is C22H21FN6O3. The maximum Gasteiger partial charge on any atom is 0.290 e. The third-order valence-electron chi connectivity index (χ3n) is 5.09. The summed E-state index contributed by atoms with van der Waals surface area (Å²) in [4.78, 5) is 24.7. The second-order valence-corrected chi connectivity index (χ2v) is 7.05. The zero-order chi connectivity index (χ0) is 22.8. The Labute approximate surface area is 182 Å². The van der Waals surface area contributed by atoms with Crippen molar-refractivity contribution in [2.45, 2.75) is 20.0 Å². The van der Waals surface area contributed by atoms with Crippen LogP contribution in [0.4, 0.5) is 10.2 Å². The molecule has 0 aliphatic carbocycles. The smallest absolute Gasteiger partial charge is 0.290 e. The van der Waals surface area contributed by atoms with Crippen molar-refractivity contribution >= 4 is 22.6 Å². The van der Waals surface area contributed by atoms with Gasteiger partial charge in [0.15, 0.2) is 5.82 Å². The van der Waals surface area contributed by atoms with E-state index in [0.717, 1.165) is 17.2 Å². The van der Waals surface area contributed by atoms with Gasteiger partial charge in [-0.25, -0.2) is 9.49 Å². The molecule has 4 aromatic rings. The minimum absolute atomic E-state index is 0.119. The predicted octanol–water partition coefficient (Wildman–Crippen LogP) is 2.47. The van der Waals surface area contributed by atoms with Crippen LogP contribution in [0.15, 0.2) is 47.3 Å². The van der Waals surface area contributed by atoms with Gasteiger partial charge in [0.1, 0.15) is 22.8 Å². The van der Waals surface area contributed by atoms with Gasteiger partial charge in [-0.3, -0.25) is 14.3 Å². The Hall–Kier alpha value is -4.21. The van der Waals surface area contributed by atoms with E-state index in [0.29, 0.717) is 28.9 Å². The van der Waals surface area contributed by atoms with Gasteiger partial charge < -0.3 is 15.8 Å². The number of aromatic amines is 1. The Morgan fingerprint density at radius 3 is 2.69 bits per heavy atom. The second kappa shape index (κ2) is 8.50. The van der Waals surface area contributed by atoms with E-state index in [1.807, 2.05) is 31.2 Å². The van der Waals surface area contributed by atoms with Crippen molar-refractivity contribution in [3.63, 3.8) is 0 Å². The average molecular weight is 436 g/mol. The number of nitrogens with two attached hydrogens (primary N) is 1. The molecule has 0 saturated heterocycles. The van der Waals surface area contributed by atoms with Crippen molar-refractivity contribution in [3.8, 4) is 17.0 Å². The zero-order valence-corrected chi connectivity index (χ0v) is 17.5. The molecule has 4 N–H and O–H groups in total. The molecule has 0 spiro atoms. The van der Waals surface area contributed by atoms with Crippen LogP contribution in [-0.2, 0) is 13.1 Å². The van der Waals surface area contributed by atoms with Crippen LogP contribution in [0.3, 0.4) is 0 Å². The van der Waals surface area contributed by atoms with Crippen LogP contribution in [0.2, 0.25) is 0 Å². The van der Waals surface area contributed by atoms with Crippen LogP contribution in [0.5, 0.6) is 5.75 Å². The Bertz CT molecular complexity index is 1360.